The summed E-state index contributed by atoms with van der Waals surface area (Å²) in [6, 6.07) is 19.1. The van der Waals surface area contributed by atoms with Crippen molar-refractivity contribution in [2.24, 2.45) is 0 Å². The largest absolute Gasteiger partial charge is 0.276 e. The van der Waals surface area contributed by atoms with Crippen LogP contribution >= 0.6 is 0 Å². The average Bonchev–Trinajstić information content (AvgIpc) is 3.05. The number of nitrogens with zero attached hydrogens (tertiary/aromatic N) is 3. The van der Waals surface area contributed by atoms with E-state index in [1.165, 1.54) is 0 Å². The number of aryl methyl sites for hydroxylation is 2. The van der Waals surface area contributed by atoms with Gasteiger partial charge in [-0.15, -0.1) is 0 Å². The predicted octanol–water partition coefficient (Wildman–Crippen LogP) is 4.88. The molecule has 0 aliphatic heterocycles. The third kappa shape index (κ3) is 3.00. The fourth-order valence-corrected chi connectivity index (χ4v) is 3.46. The second-order valence-electron chi connectivity index (χ2n) is 6.67. The van der Waals surface area contributed by atoms with Crippen LogP contribution in [-0.2, 0) is 0 Å². The third-order valence-electron chi connectivity index (χ3n) is 4.56. The Hall–Kier alpha value is -3.71. The Labute approximate surface area is 157 Å². The lowest BCUT2D eigenvalue weighted by atomic mass is 10.1. The van der Waals surface area contributed by atoms with Gasteiger partial charge >= 0.3 is 0 Å². The van der Waals surface area contributed by atoms with Gasteiger partial charge in [-0.25, -0.2) is 0 Å². The van der Waals surface area contributed by atoms with Crippen molar-refractivity contribution in [3.05, 3.63) is 89.2 Å². The summed E-state index contributed by atoms with van der Waals surface area (Å²) in [6.45, 7) is 3.97. The first kappa shape index (κ1) is 16.7. The summed E-state index contributed by atoms with van der Waals surface area (Å²) in [4.78, 5) is 17.6. The zero-order chi connectivity index (χ0) is 19.0. The van der Waals surface area contributed by atoms with Gasteiger partial charge in [-0.1, -0.05) is 17.2 Å². The lowest BCUT2D eigenvalue weighted by Gasteiger charge is -2.11. The first-order chi connectivity index (χ1) is 13.1. The van der Waals surface area contributed by atoms with E-state index in [1.54, 1.807) is 29.1 Å². The molecule has 4 rings (SSSR count). The van der Waals surface area contributed by atoms with Crippen LogP contribution in [0.5, 0.6) is 0 Å². The monoisotopic (exact) mass is 351 g/mol. The molecule has 0 aliphatic carbocycles. The third-order valence-corrected chi connectivity index (χ3v) is 4.56. The van der Waals surface area contributed by atoms with E-state index in [4.69, 9.17) is 0 Å². The number of rotatable bonds is 2. The van der Waals surface area contributed by atoms with Gasteiger partial charge in [0.25, 0.3) is 5.91 Å². The summed E-state index contributed by atoms with van der Waals surface area (Å²) < 4.78 is 1.71. The van der Waals surface area contributed by atoms with Gasteiger partial charge in [0.1, 0.15) is 0 Å². The van der Waals surface area contributed by atoms with Crippen molar-refractivity contribution in [2.45, 2.75) is 13.8 Å². The molecule has 0 bridgehead atoms. The lowest BCUT2D eigenvalue weighted by molar-refractivity contribution is 0.0966. The van der Waals surface area contributed by atoms with Crippen molar-refractivity contribution in [3.8, 4) is 17.3 Å². The molecule has 0 spiro atoms. The highest BCUT2D eigenvalue weighted by Crippen LogP contribution is 2.29. The number of fused-ring (bicyclic) bond motifs is 1. The Morgan fingerprint density at radius 2 is 1.81 bits per heavy atom. The van der Waals surface area contributed by atoms with Gasteiger partial charge in [-0.2, -0.15) is 5.26 Å². The highest BCUT2D eigenvalue weighted by atomic mass is 16.2. The Bertz CT molecular complexity index is 1190. The minimum Gasteiger partial charge on any atom is -0.276 e. The first-order valence-electron chi connectivity index (χ1n) is 8.66. The number of nitriles is 1. The van der Waals surface area contributed by atoms with Crippen molar-refractivity contribution in [1.82, 2.24) is 9.55 Å². The van der Waals surface area contributed by atoms with Gasteiger partial charge in [-0.05, 0) is 62.4 Å². The number of hydrogen-bond acceptors (Lipinski definition) is 3. The van der Waals surface area contributed by atoms with E-state index in [9.17, 15) is 10.1 Å². The minimum absolute atomic E-state index is 0.0969. The summed E-state index contributed by atoms with van der Waals surface area (Å²) in [5, 5.41) is 10.1. The predicted molar refractivity (Wildman–Crippen MR) is 106 cm³/mol. The molecule has 0 radical (unpaired) electrons. The number of hydrogen-bond donors (Lipinski definition) is 0. The van der Waals surface area contributed by atoms with Gasteiger partial charge in [0, 0.05) is 28.9 Å². The van der Waals surface area contributed by atoms with Crippen LogP contribution in [0.25, 0.3) is 22.2 Å². The SMILES string of the molecule is Cc1cc(C)cc(C(=O)n2c(-c3cccnc3)cc3cc(C#N)ccc32)c1. The molecule has 2 heterocycles. The minimum atomic E-state index is -0.0969. The number of aromatic nitrogens is 2. The van der Waals surface area contributed by atoms with Gasteiger partial charge in [-0.3, -0.25) is 14.3 Å². The molecule has 2 aromatic carbocycles. The topological polar surface area (TPSA) is 58.7 Å². The normalized spacial score (nSPS) is 10.7. The molecule has 0 atom stereocenters. The molecule has 130 valence electrons. The molecule has 0 N–H and O–H groups in total. The van der Waals surface area contributed by atoms with Crippen molar-refractivity contribution in [3.63, 3.8) is 0 Å². The summed E-state index contributed by atoms with van der Waals surface area (Å²) >= 11 is 0. The molecular formula is C23H17N3O. The second-order valence-corrected chi connectivity index (χ2v) is 6.67. The van der Waals surface area contributed by atoms with Crippen molar-refractivity contribution < 1.29 is 4.79 Å². The van der Waals surface area contributed by atoms with Crippen LogP contribution in [0.3, 0.4) is 0 Å². The Kier molecular flexibility index (Phi) is 4.06. The van der Waals surface area contributed by atoms with E-state index in [0.717, 1.165) is 33.3 Å². The van der Waals surface area contributed by atoms with Crippen LogP contribution in [-0.4, -0.2) is 15.5 Å². The molecule has 4 aromatic rings. The summed E-state index contributed by atoms with van der Waals surface area (Å²) in [6.07, 6.45) is 3.45. The van der Waals surface area contributed by atoms with E-state index in [0.29, 0.717) is 11.1 Å². The summed E-state index contributed by atoms with van der Waals surface area (Å²) in [5.41, 5.74) is 5.68. The maximum absolute atomic E-state index is 13.5. The van der Waals surface area contributed by atoms with Crippen molar-refractivity contribution >= 4 is 16.8 Å². The van der Waals surface area contributed by atoms with E-state index in [2.05, 4.69) is 11.1 Å². The fraction of sp³-hybridized carbons (Fsp3) is 0.0870. The lowest BCUT2D eigenvalue weighted by Crippen LogP contribution is -2.13. The number of carbonyl (C=O) groups excluding carboxylic acids is 1. The first-order valence-corrected chi connectivity index (χ1v) is 8.66. The van der Waals surface area contributed by atoms with Crippen molar-refractivity contribution in [2.75, 3.05) is 0 Å². The van der Waals surface area contributed by atoms with Crippen LogP contribution in [0.1, 0.15) is 27.0 Å². The number of benzene rings is 2. The smallest absolute Gasteiger partial charge is 0.262 e. The summed E-state index contributed by atoms with van der Waals surface area (Å²) in [7, 11) is 0. The number of pyridine rings is 1. The fourth-order valence-electron chi connectivity index (χ4n) is 3.46. The molecule has 4 nitrogen and oxygen atoms in total. The van der Waals surface area contributed by atoms with E-state index in [1.807, 2.05) is 56.3 Å². The molecule has 0 aliphatic rings. The molecule has 0 fully saturated rings. The second kappa shape index (κ2) is 6.54. The molecule has 2 aromatic heterocycles. The molecule has 0 saturated carbocycles. The zero-order valence-corrected chi connectivity index (χ0v) is 15.1. The maximum Gasteiger partial charge on any atom is 0.262 e. The molecular weight excluding hydrogens is 334 g/mol. The standard InChI is InChI=1S/C23H17N3O/c1-15-8-16(2)10-20(9-15)23(27)26-21-6-5-17(13-24)11-19(21)12-22(26)18-4-3-7-25-14-18/h3-12,14H,1-2H3. The van der Waals surface area contributed by atoms with Crippen molar-refractivity contribution in [1.29, 1.82) is 5.26 Å². The van der Waals surface area contributed by atoms with Gasteiger partial charge in [0.15, 0.2) is 0 Å². The van der Waals surface area contributed by atoms with Crippen LogP contribution in [0.15, 0.2) is 67.0 Å². The van der Waals surface area contributed by atoms with E-state index in [-0.39, 0.29) is 5.91 Å². The molecule has 0 saturated heterocycles. The molecule has 0 amide bonds. The highest BCUT2D eigenvalue weighted by Gasteiger charge is 2.19. The number of carbonyl (C=O) groups is 1. The Balaban J connectivity index is 2.00. The van der Waals surface area contributed by atoms with Crippen LogP contribution in [0, 0.1) is 25.2 Å². The average molecular weight is 351 g/mol. The molecule has 0 unspecified atom stereocenters. The van der Waals surface area contributed by atoms with Crippen LogP contribution in [0.4, 0.5) is 0 Å². The Morgan fingerprint density at radius 1 is 1.04 bits per heavy atom. The van der Waals surface area contributed by atoms with E-state index < -0.39 is 0 Å². The quantitative estimate of drug-likeness (QED) is 0.517. The molecule has 4 heteroatoms. The maximum atomic E-state index is 13.5. The summed E-state index contributed by atoms with van der Waals surface area (Å²) in [5.74, 6) is -0.0969. The zero-order valence-electron chi connectivity index (χ0n) is 15.1. The highest BCUT2D eigenvalue weighted by molar-refractivity contribution is 6.06. The van der Waals surface area contributed by atoms with Gasteiger partial charge < -0.3 is 0 Å². The van der Waals surface area contributed by atoms with Gasteiger partial charge in [0.2, 0.25) is 0 Å². The Morgan fingerprint density at radius 3 is 2.48 bits per heavy atom. The van der Waals surface area contributed by atoms with Crippen LogP contribution in [0.2, 0.25) is 0 Å². The van der Waals surface area contributed by atoms with E-state index >= 15 is 0 Å². The van der Waals surface area contributed by atoms with Crippen LogP contribution < -0.4 is 0 Å². The van der Waals surface area contributed by atoms with Gasteiger partial charge in [0.05, 0.1) is 22.8 Å². The molecule has 27 heavy (non-hydrogen) atoms.